The Kier molecular flexibility index (Phi) is 8.60. The molecule has 0 N–H and O–H groups in total. The van der Waals surface area contributed by atoms with Crippen LogP contribution in [-0.2, 0) is 0 Å². The van der Waals surface area contributed by atoms with E-state index in [2.05, 4.69) is 22.9 Å². The smallest absolute Gasteiger partial charge is 0.201 e. The summed E-state index contributed by atoms with van der Waals surface area (Å²) in [5.41, 5.74) is 1.73. The van der Waals surface area contributed by atoms with Crippen molar-refractivity contribution in [3.8, 4) is 0 Å². The molecule has 1 aromatic rings. The van der Waals surface area contributed by atoms with Crippen molar-refractivity contribution in [3.05, 3.63) is 45.4 Å². The Morgan fingerprint density at radius 2 is 1.20 bits per heavy atom. The fraction of sp³-hybridized carbons (Fsp3) is 0.545. The fourth-order valence-electron chi connectivity index (χ4n) is 3.41. The summed E-state index contributed by atoms with van der Waals surface area (Å²) >= 11 is 3.36. The van der Waals surface area contributed by atoms with Crippen molar-refractivity contribution in [1.29, 1.82) is 0 Å². The summed E-state index contributed by atoms with van der Waals surface area (Å²) in [4.78, 5) is 25.0. The molecule has 25 heavy (non-hydrogen) atoms. The van der Waals surface area contributed by atoms with Crippen LogP contribution in [0.4, 0.5) is 0 Å². The number of benzene rings is 1. The highest BCUT2D eigenvalue weighted by atomic mass is 79.9. The maximum Gasteiger partial charge on any atom is 0.201 e. The number of carbonyl (C=O) groups is 2. The number of Topliss-reactive ketones (excluding diaryl/α,β-unsaturated/α-hetero) is 2. The lowest BCUT2D eigenvalue weighted by Gasteiger charge is -2.17. The zero-order valence-electron chi connectivity index (χ0n) is 15.3. The normalized spacial score (nSPS) is 14.2. The SMILES string of the molecule is CCCCCCCCCCCCC1=C(Br)C(=O)c2ccccc2C1=O. The van der Waals surface area contributed by atoms with E-state index in [9.17, 15) is 9.59 Å². The summed E-state index contributed by atoms with van der Waals surface area (Å²) in [5.74, 6) is -0.0460. The van der Waals surface area contributed by atoms with Crippen LogP contribution in [0.3, 0.4) is 0 Å². The third-order valence-electron chi connectivity index (χ3n) is 4.94. The van der Waals surface area contributed by atoms with E-state index in [1.807, 2.05) is 6.07 Å². The van der Waals surface area contributed by atoms with E-state index in [-0.39, 0.29) is 11.6 Å². The number of fused-ring (bicyclic) bond motifs is 1. The summed E-state index contributed by atoms with van der Waals surface area (Å²) in [5, 5.41) is 0. The standard InChI is InChI=1S/C22H29BrO2/c1-2-3-4-5-6-7-8-9-10-11-16-19-20(23)22(25)18-15-13-12-14-17(18)21(19)24/h12-15H,2-11,16H2,1H3. The maximum absolute atomic E-state index is 12.6. The third-order valence-corrected chi connectivity index (χ3v) is 5.77. The van der Waals surface area contributed by atoms with Gasteiger partial charge in [-0.1, -0.05) is 89.0 Å². The van der Waals surface area contributed by atoms with Gasteiger partial charge in [0.15, 0.2) is 5.78 Å². The molecule has 0 aliphatic heterocycles. The molecule has 0 radical (unpaired) electrons. The molecule has 0 aromatic heterocycles. The molecule has 0 atom stereocenters. The minimum absolute atomic E-state index is 0.0120. The third kappa shape index (κ3) is 5.64. The summed E-state index contributed by atoms with van der Waals surface area (Å²) in [6.45, 7) is 2.25. The van der Waals surface area contributed by atoms with Gasteiger partial charge in [-0.05, 0) is 28.8 Å². The van der Waals surface area contributed by atoms with Crippen LogP contribution in [0.2, 0.25) is 0 Å². The zero-order valence-corrected chi connectivity index (χ0v) is 16.9. The lowest BCUT2D eigenvalue weighted by atomic mass is 9.87. The van der Waals surface area contributed by atoms with Crippen LogP contribution in [0.15, 0.2) is 34.3 Å². The number of carbonyl (C=O) groups excluding carboxylic acids is 2. The van der Waals surface area contributed by atoms with Gasteiger partial charge < -0.3 is 0 Å². The van der Waals surface area contributed by atoms with Gasteiger partial charge in [0, 0.05) is 16.7 Å². The predicted octanol–water partition coefficient (Wildman–Crippen LogP) is 7.03. The van der Waals surface area contributed by atoms with Crippen LogP contribution in [0.5, 0.6) is 0 Å². The average molecular weight is 405 g/mol. The molecule has 0 saturated heterocycles. The van der Waals surface area contributed by atoms with Gasteiger partial charge in [0.1, 0.15) is 0 Å². The number of hydrogen-bond donors (Lipinski definition) is 0. The van der Waals surface area contributed by atoms with Crippen LogP contribution >= 0.6 is 15.9 Å². The topological polar surface area (TPSA) is 34.1 Å². The molecule has 0 spiro atoms. The van der Waals surface area contributed by atoms with E-state index in [1.54, 1.807) is 18.2 Å². The first kappa shape index (κ1) is 20.1. The van der Waals surface area contributed by atoms with E-state index in [4.69, 9.17) is 0 Å². The van der Waals surface area contributed by atoms with Crippen molar-refractivity contribution < 1.29 is 9.59 Å². The highest BCUT2D eigenvalue weighted by molar-refractivity contribution is 9.12. The van der Waals surface area contributed by atoms with E-state index in [1.165, 1.54) is 51.4 Å². The van der Waals surface area contributed by atoms with Crippen molar-refractivity contribution in [2.45, 2.75) is 77.6 Å². The predicted molar refractivity (Wildman–Crippen MR) is 108 cm³/mol. The number of allylic oxidation sites excluding steroid dienone is 2. The van der Waals surface area contributed by atoms with Gasteiger partial charge in [0.25, 0.3) is 0 Å². The molecule has 0 heterocycles. The molecule has 1 aliphatic carbocycles. The first-order valence-electron chi connectivity index (χ1n) is 9.74. The van der Waals surface area contributed by atoms with Gasteiger partial charge in [-0.2, -0.15) is 0 Å². The van der Waals surface area contributed by atoms with Crippen LogP contribution in [0, 0.1) is 0 Å². The molecule has 3 heteroatoms. The maximum atomic E-state index is 12.6. The molecule has 0 bridgehead atoms. The van der Waals surface area contributed by atoms with E-state index < -0.39 is 0 Å². The molecule has 136 valence electrons. The minimum Gasteiger partial charge on any atom is -0.289 e. The summed E-state index contributed by atoms with van der Waals surface area (Å²) in [7, 11) is 0. The first-order chi connectivity index (χ1) is 12.2. The number of hydrogen-bond acceptors (Lipinski definition) is 2. The van der Waals surface area contributed by atoms with Crippen molar-refractivity contribution in [2.24, 2.45) is 0 Å². The number of rotatable bonds is 11. The lowest BCUT2D eigenvalue weighted by Crippen LogP contribution is -2.19. The van der Waals surface area contributed by atoms with Crippen LogP contribution in [0.25, 0.3) is 0 Å². The molecule has 0 saturated carbocycles. The minimum atomic E-state index is -0.0581. The quantitative estimate of drug-likeness (QED) is 0.371. The van der Waals surface area contributed by atoms with E-state index in [0.717, 1.165) is 12.8 Å². The van der Waals surface area contributed by atoms with E-state index in [0.29, 0.717) is 27.6 Å². The second-order valence-electron chi connectivity index (χ2n) is 6.93. The second-order valence-corrected chi connectivity index (χ2v) is 7.72. The van der Waals surface area contributed by atoms with Crippen LogP contribution in [-0.4, -0.2) is 11.6 Å². The molecular weight excluding hydrogens is 376 g/mol. The molecule has 2 nitrogen and oxygen atoms in total. The summed E-state index contributed by atoms with van der Waals surface area (Å²) in [6.07, 6.45) is 13.4. The van der Waals surface area contributed by atoms with Crippen LogP contribution < -0.4 is 0 Å². The highest BCUT2D eigenvalue weighted by Crippen LogP contribution is 2.32. The molecule has 1 aliphatic rings. The zero-order chi connectivity index (χ0) is 18.1. The van der Waals surface area contributed by atoms with Gasteiger partial charge in [-0.25, -0.2) is 0 Å². The summed E-state index contributed by atoms with van der Waals surface area (Å²) < 4.78 is 0.465. The fourth-order valence-corrected chi connectivity index (χ4v) is 4.00. The Bertz CT molecular complexity index is 631. The second kappa shape index (κ2) is 10.7. The monoisotopic (exact) mass is 404 g/mol. The molecule has 1 aromatic carbocycles. The van der Waals surface area contributed by atoms with Crippen molar-refractivity contribution in [2.75, 3.05) is 0 Å². The summed E-state index contributed by atoms with van der Waals surface area (Å²) in [6, 6.07) is 7.11. The van der Waals surface area contributed by atoms with Crippen molar-refractivity contribution >= 4 is 27.5 Å². The Morgan fingerprint density at radius 3 is 1.76 bits per heavy atom. The Labute approximate surface area is 160 Å². The number of unbranched alkanes of at least 4 members (excludes halogenated alkanes) is 9. The Morgan fingerprint density at radius 1 is 0.720 bits per heavy atom. The number of ketones is 2. The Balaban J connectivity index is 1.72. The van der Waals surface area contributed by atoms with E-state index >= 15 is 0 Å². The molecule has 0 amide bonds. The Hall–Kier alpha value is -1.22. The largest absolute Gasteiger partial charge is 0.289 e. The van der Waals surface area contributed by atoms with Gasteiger partial charge in [0.2, 0.25) is 5.78 Å². The highest BCUT2D eigenvalue weighted by Gasteiger charge is 2.29. The van der Waals surface area contributed by atoms with Gasteiger partial charge in [-0.15, -0.1) is 0 Å². The molecule has 2 rings (SSSR count). The van der Waals surface area contributed by atoms with Gasteiger partial charge >= 0.3 is 0 Å². The van der Waals surface area contributed by atoms with Gasteiger partial charge in [0.05, 0.1) is 4.48 Å². The first-order valence-corrected chi connectivity index (χ1v) is 10.5. The van der Waals surface area contributed by atoms with Crippen molar-refractivity contribution in [1.82, 2.24) is 0 Å². The molecule has 0 fully saturated rings. The molecular formula is C22H29BrO2. The van der Waals surface area contributed by atoms with Gasteiger partial charge in [-0.3, -0.25) is 9.59 Å². The average Bonchev–Trinajstić information content (AvgIpc) is 2.64. The molecule has 0 unspecified atom stereocenters. The van der Waals surface area contributed by atoms with Crippen LogP contribution in [0.1, 0.15) is 98.3 Å². The van der Waals surface area contributed by atoms with Crippen molar-refractivity contribution in [3.63, 3.8) is 0 Å². The number of halogens is 1. The lowest BCUT2D eigenvalue weighted by molar-refractivity contribution is 0.0979.